The molecule has 6 nitrogen and oxygen atoms in total. The topological polar surface area (TPSA) is 74.7 Å². The summed E-state index contributed by atoms with van der Waals surface area (Å²) < 4.78 is 16.2. The van der Waals surface area contributed by atoms with Gasteiger partial charge in [-0.3, -0.25) is 14.6 Å². The summed E-state index contributed by atoms with van der Waals surface area (Å²) >= 11 is 0. The van der Waals surface area contributed by atoms with Crippen molar-refractivity contribution < 1.29 is 23.8 Å². The van der Waals surface area contributed by atoms with E-state index in [4.69, 9.17) is 14.2 Å². The normalized spacial score (nSPS) is 13.7. The van der Waals surface area contributed by atoms with Crippen molar-refractivity contribution >= 4 is 17.8 Å². The minimum absolute atomic E-state index is 0.118. The fourth-order valence-corrected chi connectivity index (χ4v) is 2.92. The first kappa shape index (κ1) is 18.4. The number of benzene rings is 2. The van der Waals surface area contributed by atoms with Gasteiger partial charge < -0.3 is 14.2 Å². The number of ketones is 1. The van der Waals surface area contributed by atoms with Gasteiger partial charge in [0.15, 0.2) is 5.76 Å². The summed E-state index contributed by atoms with van der Waals surface area (Å²) in [6, 6.07) is 15.5. The molecule has 0 aliphatic carbocycles. The average Bonchev–Trinajstić information content (AvgIpc) is 3.04. The number of fused-ring (bicyclic) bond motifs is 1. The second kappa shape index (κ2) is 7.98. The van der Waals surface area contributed by atoms with Gasteiger partial charge in [-0.15, -0.1) is 0 Å². The van der Waals surface area contributed by atoms with Crippen LogP contribution >= 0.6 is 0 Å². The SMILES string of the molecule is COc1ccc(CC(=O)Oc2ccc3c(c2)O/C(=C\c2cccnc2)C3=O)cc1. The van der Waals surface area contributed by atoms with Crippen molar-refractivity contribution in [3.05, 3.63) is 89.4 Å². The minimum Gasteiger partial charge on any atom is -0.497 e. The van der Waals surface area contributed by atoms with Gasteiger partial charge in [-0.25, -0.2) is 0 Å². The molecule has 0 bridgehead atoms. The number of nitrogens with zero attached hydrogens (tertiary/aromatic N) is 1. The number of carbonyl (C=O) groups excluding carboxylic acids is 2. The molecular weight excluding hydrogens is 370 g/mol. The fourth-order valence-electron chi connectivity index (χ4n) is 2.92. The van der Waals surface area contributed by atoms with E-state index in [9.17, 15) is 9.59 Å². The van der Waals surface area contributed by atoms with Crippen molar-refractivity contribution in [1.82, 2.24) is 4.98 Å². The number of Topliss-reactive ketones (excluding diaryl/α,β-unsaturated/α-hetero) is 1. The van der Waals surface area contributed by atoms with Crippen molar-refractivity contribution in [2.24, 2.45) is 0 Å². The standard InChI is InChI=1S/C23H17NO5/c1-27-17-6-4-15(5-7-17)12-22(25)28-18-8-9-19-20(13-18)29-21(23(19)26)11-16-3-2-10-24-14-16/h2-11,13-14H,12H2,1H3/b21-11-. The van der Waals surface area contributed by atoms with Gasteiger partial charge in [0.05, 0.1) is 19.1 Å². The average molecular weight is 387 g/mol. The van der Waals surface area contributed by atoms with E-state index in [1.165, 1.54) is 0 Å². The Bertz CT molecular complexity index is 1090. The Morgan fingerprint density at radius 3 is 2.62 bits per heavy atom. The first-order chi connectivity index (χ1) is 14.1. The van der Waals surface area contributed by atoms with Gasteiger partial charge in [0.25, 0.3) is 0 Å². The predicted octanol–water partition coefficient (Wildman–Crippen LogP) is 3.85. The van der Waals surface area contributed by atoms with E-state index in [0.717, 1.165) is 16.9 Å². The summed E-state index contributed by atoms with van der Waals surface area (Å²) in [4.78, 5) is 28.7. The molecule has 1 aliphatic heterocycles. The lowest BCUT2D eigenvalue weighted by Crippen LogP contribution is -2.11. The molecule has 0 unspecified atom stereocenters. The number of hydrogen-bond donors (Lipinski definition) is 0. The Morgan fingerprint density at radius 1 is 1.10 bits per heavy atom. The second-order valence-electron chi connectivity index (χ2n) is 6.38. The number of ether oxygens (including phenoxy) is 3. The van der Waals surface area contributed by atoms with E-state index in [0.29, 0.717) is 17.1 Å². The molecular formula is C23H17NO5. The van der Waals surface area contributed by atoms with E-state index in [1.807, 2.05) is 6.07 Å². The van der Waals surface area contributed by atoms with Gasteiger partial charge in [0.1, 0.15) is 17.2 Å². The van der Waals surface area contributed by atoms with E-state index in [-0.39, 0.29) is 18.0 Å². The number of rotatable bonds is 5. The Morgan fingerprint density at radius 2 is 1.90 bits per heavy atom. The number of methoxy groups -OCH3 is 1. The van der Waals surface area contributed by atoms with Gasteiger partial charge in [0, 0.05) is 18.5 Å². The molecule has 0 radical (unpaired) electrons. The zero-order valence-corrected chi connectivity index (χ0v) is 15.6. The lowest BCUT2D eigenvalue weighted by molar-refractivity contribution is -0.133. The molecule has 1 aromatic heterocycles. The van der Waals surface area contributed by atoms with Crippen LogP contribution in [0.3, 0.4) is 0 Å². The molecule has 0 amide bonds. The third kappa shape index (κ3) is 4.16. The smallest absolute Gasteiger partial charge is 0.315 e. The number of hydrogen-bond acceptors (Lipinski definition) is 6. The molecule has 4 rings (SSSR count). The van der Waals surface area contributed by atoms with Crippen molar-refractivity contribution in [2.75, 3.05) is 7.11 Å². The highest BCUT2D eigenvalue weighted by Gasteiger charge is 2.28. The summed E-state index contributed by atoms with van der Waals surface area (Å²) in [5, 5.41) is 0. The Hall–Kier alpha value is -3.93. The van der Waals surface area contributed by atoms with Gasteiger partial charge in [-0.1, -0.05) is 18.2 Å². The van der Waals surface area contributed by atoms with Crippen LogP contribution < -0.4 is 14.2 Å². The molecule has 1 aliphatic rings. The Balaban J connectivity index is 1.45. The molecule has 0 atom stereocenters. The molecule has 0 saturated carbocycles. The van der Waals surface area contributed by atoms with E-state index in [1.54, 1.807) is 74.1 Å². The van der Waals surface area contributed by atoms with Crippen molar-refractivity contribution in [2.45, 2.75) is 6.42 Å². The van der Waals surface area contributed by atoms with E-state index < -0.39 is 5.97 Å². The lowest BCUT2D eigenvalue weighted by atomic mass is 10.1. The second-order valence-corrected chi connectivity index (χ2v) is 6.38. The highest BCUT2D eigenvalue weighted by molar-refractivity contribution is 6.14. The first-order valence-corrected chi connectivity index (χ1v) is 8.94. The number of esters is 1. The Labute approximate surface area is 167 Å². The molecule has 0 saturated heterocycles. The summed E-state index contributed by atoms with van der Waals surface area (Å²) in [5.41, 5.74) is 2.00. The maximum atomic E-state index is 12.5. The maximum absolute atomic E-state index is 12.5. The van der Waals surface area contributed by atoms with Crippen molar-refractivity contribution in [3.8, 4) is 17.2 Å². The van der Waals surface area contributed by atoms with Crippen LogP contribution in [0.15, 0.2) is 72.8 Å². The highest BCUT2D eigenvalue weighted by Crippen LogP contribution is 2.35. The molecule has 2 aromatic carbocycles. The third-order valence-corrected chi connectivity index (χ3v) is 4.36. The molecule has 144 valence electrons. The van der Waals surface area contributed by atoms with Gasteiger partial charge in [-0.2, -0.15) is 0 Å². The van der Waals surface area contributed by atoms with Crippen molar-refractivity contribution in [3.63, 3.8) is 0 Å². The number of carbonyl (C=O) groups is 2. The van der Waals surface area contributed by atoms with Gasteiger partial charge >= 0.3 is 5.97 Å². The number of aromatic nitrogens is 1. The third-order valence-electron chi connectivity index (χ3n) is 4.36. The molecule has 0 spiro atoms. The number of allylic oxidation sites excluding steroid dienone is 1. The predicted molar refractivity (Wildman–Crippen MR) is 106 cm³/mol. The van der Waals surface area contributed by atoms with E-state index in [2.05, 4.69) is 4.98 Å². The zero-order chi connectivity index (χ0) is 20.2. The maximum Gasteiger partial charge on any atom is 0.315 e. The largest absolute Gasteiger partial charge is 0.497 e. The zero-order valence-electron chi connectivity index (χ0n) is 15.6. The first-order valence-electron chi connectivity index (χ1n) is 8.94. The molecule has 6 heteroatoms. The molecule has 0 N–H and O–H groups in total. The summed E-state index contributed by atoms with van der Waals surface area (Å²) in [7, 11) is 1.58. The molecule has 2 heterocycles. The van der Waals surface area contributed by atoms with Crippen LogP contribution in [0.5, 0.6) is 17.2 Å². The van der Waals surface area contributed by atoms with Crippen LogP contribution in [0.25, 0.3) is 6.08 Å². The van der Waals surface area contributed by atoms with Crippen molar-refractivity contribution in [1.29, 1.82) is 0 Å². The Kier molecular flexibility index (Phi) is 5.07. The quantitative estimate of drug-likeness (QED) is 0.376. The lowest BCUT2D eigenvalue weighted by Gasteiger charge is -2.06. The monoisotopic (exact) mass is 387 g/mol. The number of pyridine rings is 1. The van der Waals surface area contributed by atoms with Crippen LogP contribution in [0.1, 0.15) is 21.5 Å². The van der Waals surface area contributed by atoms with Crippen LogP contribution in [0.4, 0.5) is 0 Å². The fraction of sp³-hybridized carbons (Fsp3) is 0.0870. The van der Waals surface area contributed by atoms with Crippen LogP contribution in [-0.4, -0.2) is 23.8 Å². The molecule has 3 aromatic rings. The van der Waals surface area contributed by atoms with Crippen LogP contribution in [-0.2, 0) is 11.2 Å². The minimum atomic E-state index is -0.412. The van der Waals surface area contributed by atoms with E-state index >= 15 is 0 Å². The van der Waals surface area contributed by atoms with Crippen LogP contribution in [0, 0.1) is 0 Å². The summed E-state index contributed by atoms with van der Waals surface area (Å²) in [6.45, 7) is 0. The van der Waals surface area contributed by atoms with Gasteiger partial charge in [0.2, 0.25) is 5.78 Å². The highest BCUT2D eigenvalue weighted by atomic mass is 16.5. The summed E-state index contributed by atoms with van der Waals surface area (Å²) in [6.07, 6.45) is 5.04. The van der Waals surface area contributed by atoms with Gasteiger partial charge in [-0.05, 0) is 47.5 Å². The van der Waals surface area contributed by atoms with Crippen LogP contribution in [0.2, 0.25) is 0 Å². The molecule has 0 fully saturated rings. The summed E-state index contributed by atoms with van der Waals surface area (Å²) in [5.74, 6) is 0.968. The molecule has 29 heavy (non-hydrogen) atoms.